The maximum Gasteiger partial charge on any atom is 0.196 e. The Morgan fingerprint density at radius 2 is 1.82 bits per heavy atom. The molecule has 8 heteroatoms. The van der Waals surface area contributed by atoms with Gasteiger partial charge >= 0.3 is 0 Å². The lowest BCUT2D eigenvalue weighted by atomic mass is 9.98. The highest BCUT2D eigenvalue weighted by Gasteiger charge is 2.50. The Kier molecular flexibility index (Phi) is 6.05. The van der Waals surface area contributed by atoms with Gasteiger partial charge < -0.3 is 19.4 Å². The Morgan fingerprint density at radius 1 is 1.27 bits per heavy atom. The third kappa shape index (κ3) is 3.64. The van der Waals surface area contributed by atoms with Crippen molar-refractivity contribution < 1.29 is 19.4 Å². The average molecular weight is 331 g/mol. The van der Waals surface area contributed by atoms with Crippen LogP contribution in [0.15, 0.2) is 5.11 Å². The van der Waals surface area contributed by atoms with Gasteiger partial charge in [-0.1, -0.05) is 32.8 Å². The lowest BCUT2D eigenvalue weighted by molar-refractivity contribution is -0.230. The highest BCUT2D eigenvalue weighted by atomic mass is 28.4. The van der Waals surface area contributed by atoms with E-state index in [2.05, 4.69) is 50.8 Å². The van der Waals surface area contributed by atoms with E-state index in [9.17, 15) is 10.2 Å². The fourth-order valence-corrected chi connectivity index (χ4v) is 4.90. The predicted octanol–water partition coefficient (Wildman–Crippen LogP) is 2.79. The van der Waals surface area contributed by atoms with Crippen molar-refractivity contribution in [1.82, 2.24) is 0 Å². The van der Waals surface area contributed by atoms with E-state index in [-0.39, 0.29) is 5.04 Å². The fourth-order valence-electron chi connectivity index (χ4n) is 2.43. The van der Waals surface area contributed by atoms with Crippen molar-refractivity contribution in [3.8, 4) is 0 Å². The molecule has 1 aliphatic heterocycles. The summed E-state index contributed by atoms with van der Waals surface area (Å²) in [4.78, 5) is 2.76. The lowest BCUT2D eigenvalue weighted by Gasteiger charge is -2.48. The molecule has 22 heavy (non-hydrogen) atoms. The van der Waals surface area contributed by atoms with Gasteiger partial charge in [0.15, 0.2) is 14.6 Å². The van der Waals surface area contributed by atoms with Gasteiger partial charge in [0.2, 0.25) is 0 Å². The van der Waals surface area contributed by atoms with Crippen molar-refractivity contribution in [1.29, 1.82) is 0 Å². The second kappa shape index (κ2) is 6.86. The number of aliphatic hydroxyl groups excluding tert-OH is 2. The first kappa shape index (κ1) is 19.4. The molecule has 1 fully saturated rings. The summed E-state index contributed by atoms with van der Waals surface area (Å²) in [5.74, 6) is 0.406. The van der Waals surface area contributed by atoms with Gasteiger partial charge in [0.25, 0.3) is 0 Å². The van der Waals surface area contributed by atoms with E-state index < -0.39 is 39.0 Å². The average Bonchev–Trinajstić information content (AvgIpc) is 2.40. The van der Waals surface area contributed by atoms with Crippen LogP contribution in [0.3, 0.4) is 0 Å². The van der Waals surface area contributed by atoms with Crippen LogP contribution in [0.5, 0.6) is 0 Å². The number of azide groups is 1. The summed E-state index contributed by atoms with van der Waals surface area (Å²) in [6.07, 6.45) is -3.73. The molecular weight excluding hydrogens is 302 g/mol. The predicted molar refractivity (Wildman–Crippen MR) is 86.7 cm³/mol. The van der Waals surface area contributed by atoms with E-state index in [1.807, 2.05) is 0 Å². The molecule has 0 aliphatic carbocycles. The van der Waals surface area contributed by atoms with Crippen LogP contribution in [0.4, 0.5) is 0 Å². The minimum Gasteiger partial charge on any atom is -0.392 e. The quantitative estimate of drug-likeness (QED) is 0.349. The van der Waals surface area contributed by atoms with Gasteiger partial charge in [-0.05, 0) is 36.5 Å². The normalized spacial score (nSPS) is 33.6. The van der Waals surface area contributed by atoms with Gasteiger partial charge in [-0.2, -0.15) is 0 Å². The molecule has 0 unspecified atom stereocenters. The van der Waals surface area contributed by atoms with Crippen molar-refractivity contribution >= 4 is 8.32 Å². The summed E-state index contributed by atoms with van der Waals surface area (Å²) < 4.78 is 11.9. The highest BCUT2D eigenvalue weighted by molar-refractivity contribution is 6.74. The molecule has 0 spiro atoms. The molecule has 7 nitrogen and oxygen atoms in total. The van der Waals surface area contributed by atoms with Gasteiger partial charge in [-0.15, -0.1) is 0 Å². The number of rotatable bonds is 5. The van der Waals surface area contributed by atoms with Crippen LogP contribution in [-0.2, 0) is 9.16 Å². The van der Waals surface area contributed by atoms with Crippen LogP contribution >= 0.6 is 0 Å². The van der Waals surface area contributed by atoms with Gasteiger partial charge in [-0.25, -0.2) is 0 Å². The number of hydrogen-bond acceptors (Lipinski definition) is 5. The second-order valence-electron chi connectivity index (χ2n) is 7.39. The summed E-state index contributed by atoms with van der Waals surface area (Å²) in [6.45, 7) is 14.4. The number of hydrogen-bond donors (Lipinski definition) is 2. The standard InChI is InChI=1S/C14H29N3O4Si/c1-8(2)14(4,5)22(6,7)21-13-10(16-17-15)12(19)11(18)9(3)20-13/h8-13,18-19H,1-7H3/t9-,10-,11+,12-,13+/m0/s1. The maximum absolute atomic E-state index is 10.2. The van der Waals surface area contributed by atoms with Gasteiger partial charge in [0.05, 0.1) is 12.2 Å². The number of aliphatic hydroxyl groups is 2. The highest BCUT2D eigenvalue weighted by Crippen LogP contribution is 2.46. The zero-order valence-electron chi connectivity index (χ0n) is 14.5. The van der Waals surface area contributed by atoms with Crippen LogP contribution in [0, 0.1) is 5.92 Å². The van der Waals surface area contributed by atoms with Gasteiger partial charge in [-0.3, -0.25) is 0 Å². The lowest BCUT2D eigenvalue weighted by Crippen LogP contribution is -2.60. The minimum atomic E-state index is -2.23. The Balaban J connectivity index is 3.04. The first-order chi connectivity index (χ1) is 9.95. The van der Waals surface area contributed by atoms with E-state index in [0.717, 1.165) is 0 Å². The monoisotopic (exact) mass is 331 g/mol. The summed E-state index contributed by atoms with van der Waals surface area (Å²) in [5.41, 5.74) is 8.72. The minimum absolute atomic E-state index is 0.0402. The van der Waals surface area contributed by atoms with Crippen molar-refractivity contribution in [3.05, 3.63) is 10.4 Å². The molecule has 1 rings (SSSR count). The molecule has 0 aromatic heterocycles. The zero-order chi connectivity index (χ0) is 17.3. The van der Waals surface area contributed by atoms with Gasteiger partial charge in [0.1, 0.15) is 12.1 Å². The van der Waals surface area contributed by atoms with Crippen molar-refractivity contribution in [2.45, 2.75) is 83.4 Å². The van der Waals surface area contributed by atoms with E-state index in [4.69, 9.17) is 14.7 Å². The van der Waals surface area contributed by atoms with E-state index in [0.29, 0.717) is 5.92 Å². The smallest absolute Gasteiger partial charge is 0.196 e. The number of ether oxygens (including phenoxy) is 1. The molecule has 0 bridgehead atoms. The molecule has 0 radical (unpaired) electrons. The van der Waals surface area contributed by atoms with Crippen LogP contribution in [0.25, 0.3) is 10.4 Å². The molecule has 0 aromatic rings. The van der Waals surface area contributed by atoms with Crippen molar-refractivity contribution in [3.63, 3.8) is 0 Å². The van der Waals surface area contributed by atoms with Crippen molar-refractivity contribution in [2.24, 2.45) is 11.0 Å². The molecule has 1 saturated heterocycles. The first-order valence-electron chi connectivity index (χ1n) is 7.69. The molecule has 1 aliphatic rings. The zero-order valence-corrected chi connectivity index (χ0v) is 15.5. The van der Waals surface area contributed by atoms with Gasteiger partial charge in [0, 0.05) is 4.91 Å². The molecule has 0 amide bonds. The molecule has 128 valence electrons. The largest absolute Gasteiger partial charge is 0.392 e. The first-order valence-corrected chi connectivity index (χ1v) is 10.6. The molecule has 2 N–H and O–H groups in total. The summed E-state index contributed by atoms with van der Waals surface area (Å²) >= 11 is 0. The van der Waals surface area contributed by atoms with E-state index >= 15 is 0 Å². The van der Waals surface area contributed by atoms with E-state index in [1.165, 1.54) is 0 Å². The van der Waals surface area contributed by atoms with Crippen LogP contribution in [-0.4, -0.2) is 49.2 Å². The topological polar surface area (TPSA) is 108 Å². The molecule has 5 atom stereocenters. The van der Waals surface area contributed by atoms with Crippen molar-refractivity contribution in [2.75, 3.05) is 0 Å². The molecule has 0 saturated carbocycles. The third-order valence-corrected chi connectivity index (χ3v) is 9.90. The summed E-state index contributed by atoms with van der Waals surface area (Å²) in [7, 11) is -2.23. The fraction of sp³-hybridized carbons (Fsp3) is 1.00. The summed E-state index contributed by atoms with van der Waals surface area (Å²) in [5, 5.41) is 23.6. The Morgan fingerprint density at radius 3 is 2.27 bits per heavy atom. The number of nitrogens with zero attached hydrogens (tertiary/aromatic N) is 3. The molecular formula is C14H29N3O4Si. The Labute approximate surface area is 133 Å². The SMILES string of the molecule is CC(C)C(C)(C)[Si](C)(C)O[C@H]1O[C@@H](C)[C@@H](O)[C@@H](O)[C@@H]1N=[N+]=[N-]. The molecule has 0 aromatic carbocycles. The third-order valence-electron chi connectivity index (χ3n) is 5.40. The second-order valence-corrected chi connectivity index (χ2v) is 11.9. The van der Waals surface area contributed by atoms with Crippen LogP contribution in [0.2, 0.25) is 18.1 Å². The van der Waals surface area contributed by atoms with Crippen LogP contribution in [0.1, 0.15) is 34.6 Å². The Hall–Kier alpha value is -0.633. The van der Waals surface area contributed by atoms with Crippen LogP contribution < -0.4 is 0 Å². The maximum atomic E-state index is 10.2. The van der Waals surface area contributed by atoms with E-state index in [1.54, 1.807) is 6.92 Å². The summed E-state index contributed by atoms with van der Waals surface area (Å²) in [6, 6.07) is -0.953. The molecule has 1 heterocycles. The Bertz CT molecular complexity index is 438.